The van der Waals surface area contributed by atoms with E-state index < -0.39 is 18.2 Å². The van der Waals surface area contributed by atoms with Gasteiger partial charge in [-0.2, -0.15) is 0 Å². The first kappa shape index (κ1) is 24.5. The van der Waals surface area contributed by atoms with Crippen LogP contribution in [0.1, 0.15) is 48.7 Å². The maximum Gasteiger partial charge on any atom is 0.412 e. The van der Waals surface area contributed by atoms with Gasteiger partial charge in [-0.25, -0.2) is 9.59 Å². The molecule has 3 aromatic carbocycles. The van der Waals surface area contributed by atoms with E-state index in [2.05, 4.69) is 5.32 Å². The molecular weight excluding hydrogens is 434 g/mol. The van der Waals surface area contributed by atoms with Crippen LogP contribution in [0, 0.1) is 5.92 Å². The van der Waals surface area contributed by atoms with Crippen molar-refractivity contribution in [2.45, 2.75) is 32.8 Å². The lowest BCUT2D eigenvalue weighted by molar-refractivity contribution is -0.131. The predicted octanol–water partition coefficient (Wildman–Crippen LogP) is 6.09. The summed E-state index contributed by atoms with van der Waals surface area (Å²) >= 11 is 0. The van der Waals surface area contributed by atoms with E-state index >= 15 is 0 Å². The summed E-state index contributed by atoms with van der Waals surface area (Å²) in [5.74, 6) is -1.11. The molecule has 0 fully saturated rings. The van der Waals surface area contributed by atoms with Crippen molar-refractivity contribution in [3.8, 4) is 5.75 Å². The lowest BCUT2D eigenvalue weighted by atomic mass is 9.89. The molecule has 0 aliphatic rings. The Morgan fingerprint density at radius 3 is 2.32 bits per heavy atom. The zero-order valence-electron chi connectivity index (χ0n) is 19.0. The molecule has 0 aliphatic carbocycles. The summed E-state index contributed by atoms with van der Waals surface area (Å²) in [5.41, 5.74) is 1.77. The summed E-state index contributed by atoms with van der Waals surface area (Å²) in [6.07, 6.45) is 2.42. The van der Waals surface area contributed by atoms with Gasteiger partial charge in [-0.15, -0.1) is 0 Å². The molecule has 7 nitrogen and oxygen atoms in total. The van der Waals surface area contributed by atoms with Gasteiger partial charge in [-0.05, 0) is 61.4 Å². The molecule has 0 spiro atoms. The average Bonchev–Trinajstić information content (AvgIpc) is 2.81. The highest BCUT2D eigenvalue weighted by atomic mass is 16.6. The minimum absolute atomic E-state index is 0.0702. The molecule has 0 saturated carbocycles. The van der Waals surface area contributed by atoms with Gasteiger partial charge in [0.05, 0.1) is 0 Å². The second kappa shape index (κ2) is 11.1. The number of phenols is 1. The summed E-state index contributed by atoms with van der Waals surface area (Å²) in [6.45, 7) is 3.39. The quantitative estimate of drug-likeness (QED) is 0.262. The van der Waals surface area contributed by atoms with E-state index in [0.717, 1.165) is 17.0 Å². The maximum absolute atomic E-state index is 12.8. The second-order valence-corrected chi connectivity index (χ2v) is 8.10. The van der Waals surface area contributed by atoms with Gasteiger partial charge in [0.15, 0.2) is 5.78 Å². The van der Waals surface area contributed by atoms with Crippen LogP contribution in [0.15, 0.2) is 72.8 Å². The lowest BCUT2D eigenvalue weighted by Crippen LogP contribution is -2.22. The van der Waals surface area contributed by atoms with Crippen molar-refractivity contribution in [3.63, 3.8) is 0 Å². The van der Waals surface area contributed by atoms with Gasteiger partial charge < -0.3 is 14.9 Å². The molecule has 0 radical (unpaired) electrons. The van der Waals surface area contributed by atoms with Gasteiger partial charge >= 0.3 is 12.1 Å². The van der Waals surface area contributed by atoms with Crippen molar-refractivity contribution >= 4 is 34.3 Å². The summed E-state index contributed by atoms with van der Waals surface area (Å²) < 4.78 is 5.87. The summed E-state index contributed by atoms with van der Waals surface area (Å²) in [4.78, 5) is 35.0. The molecule has 0 heterocycles. The standard InChI is InChI=1S/C27H27NO6/c1-17(7-3-6-10-25(31)32)26(23-15-16-24(30)22-9-5-4-8-21(22)23)34-27(33)28-20-13-11-19(12-14-20)18(2)29/h4-6,8-17,26,30H,3,7H2,1-2H3,(H,28,33)(H,31,32)/b10-6+/t17-,26-/m1/s1. The Morgan fingerprint density at radius 2 is 1.68 bits per heavy atom. The van der Waals surface area contributed by atoms with Gasteiger partial charge in [0.2, 0.25) is 0 Å². The van der Waals surface area contributed by atoms with E-state index in [1.165, 1.54) is 6.92 Å². The first-order chi connectivity index (χ1) is 16.3. The van der Waals surface area contributed by atoms with Crippen molar-refractivity contribution in [3.05, 3.63) is 83.9 Å². The third kappa shape index (κ3) is 6.22. The highest BCUT2D eigenvalue weighted by Gasteiger charge is 2.26. The number of hydrogen-bond acceptors (Lipinski definition) is 5. The second-order valence-electron chi connectivity index (χ2n) is 8.10. The Balaban J connectivity index is 1.86. The molecule has 1 amide bonds. The van der Waals surface area contributed by atoms with E-state index in [4.69, 9.17) is 9.84 Å². The molecule has 7 heteroatoms. The number of aliphatic carboxylic acids is 1. The molecule has 0 aromatic heterocycles. The summed E-state index contributed by atoms with van der Waals surface area (Å²) in [6, 6.07) is 17.1. The van der Waals surface area contributed by atoms with E-state index in [-0.39, 0.29) is 17.5 Å². The first-order valence-corrected chi connectivity index (χ1v) is 10.9. The SMILES string of the molecule is CC(=O)c1ccc(NC(=O)O[C@@H](c2ccc(O)c3ccccc23)[C@H](C)CC/C=C/C(=O)O)cc1. The number of fused-ring (bicyclic) bond motifs is 1. The van der Waals surface area contributed by atoms with Crippen LogP contribution in [0.3, 0.4) is 0 Å². The van der Waals surface area contributed by atoms with E-state index in [9.17, 15) is 19.5 Å². The molecular formula is C27H27NO6. The molecule has 176 valence electrons. The Hall–Kier alpha value is -4.13. The van der Waals surface area contributed by atoms with E-state index in [1.54, 1.807) is 48.5 Å². The summed E-state index contributed by atoms with van der Waals surface area (Å²) in [5, 5.41) is 23.2. The van der Waals surface area contributed by atoms with Crippen LogP contribution < -0.4 is 5.32 Å². The number of Topliss-reactive ketones (excluding diaryl/α,β-unsaturated/α-hetero) is 1. The van der Waals surface area contributed by atoms with Gasteiger partial charge in [-0.1, -0.05) is 43.3 Å². The first-order valence-electron chi connectivity index (χ1n) is 10.9. The number of ketones is 1. The fraction of sp³-hybridized carbons (Fsp3) is 0.222. The number of carbonyl (C=O) groups excluding carboxylic acids is 2. The predicted molar refractivity (Wildman–Crippen MR) is 130 cm³/mol. The van der Waals surface area contributed by atoms with Crippen LogP contribution in [0.25, 0.3) is 10.8 Å². The largest absolute Gasteiger partial charge is 0.507 e. The number of benzene rings is 3. The van der Waals surface area contributed by atoms with Crippen molar-refractivity contribution in [1.82, 2.24) is 0 Å². The van der Waals surface area contributed by atoms with Crippen molar-refractivity contribution in [2.24, 2.45) is 5.92 Å². The van der Waals surface area contributed by atoms with Gasteiger partial charge in [0.25, 0.3) is 0 Å². The molecule has 34 heavy (non-hydrogen) atoms. The molecule has 0 bridgehead atoms. The number of phenolic OH excluding ortho intramolecular Hbond substituents is 1. The number of hydrogen-bond donors (Lipinski definition) is 3. The number of nitrogens with one attached hydrogen (secondary N) is 1. The minimum atomic E-state index is -1.01. The lowest BCUT2D eigenvalue weighted by Gasteiger charge is -2.26. The van der Waals surface area contributed by atoms with E-state index in [0.29, 0.717) is 29.5 Å². The van der Waals surface area contributed by atoms with Crippen molar-refractivity contribution in [1.29, 1.82) is 0 Å². The van der Waals surface area contributed by atoms with Gasteiger partial charge in [0.1, 0.15) is 11.9 Å². The van der Waals surface area contributed by atoms with Crippen LogP contribution in [0.5, 0.6) is 5.75 Å². The number of ether oxygens (including phenoxy) is 1. The fourth-order valence-electron chi connectivity index (χ4n) is 3.79. The van der Waals surface area contributed by atoms with Crippen LogP contribution >= 0.6 is 0 Å². The Kier molecular flexibility index (Phi) is 8.03. The number of carboxylic acids is 1. The van der Waals surface area contributed by atoms with E-state index in [1.807, 2.05) is 25.1 Å². The molecule has 3 N–H and O–H groups in total. The zero-order chi connectivity index (χ0) is 24.7. The number of rotatable bonds is 9. The number of carboxylic acid groups (broad SMARTS) is 1. The highest BCUT2D eigenvalue weighted by Crippen LogP contribution is 2.37. The van der Waals surface area contributed by atoms with Crippen LogP contribution in [0.2, 0.25) is 0 Å². The van der Waals surface area contributed by atoms with Gasteiger partial charge in [0, 0.05) is 28.3 Å². The Morgan fingerprint density at radius 1 is 1.00 bits per heavy atom. The molecule has 0 aliphatic heterocycles. The molecule has 3 rings (SSSR count). The summed E-state index contributed by atoms with van der Waals surface area (Å²) in [7, 11) is 0. The minimum Gasteiger partial charge on any atom is -0.507 e. The number of allylic oxidation sites excluding steroid dienone is 1. The smallest absolute Gasteiger partial charge is 0.412 e. The Labute approximate surface area is 197 Å². The van der Waals surface area contributed by atoms with Crippen molar-refractivity contribution in [2.75, 3.05) is 5.32 Å². The molecule has 0 saturated heterocycles. The number of amides is 1. The average molecular weight is 462 g/mol. The molecule has 0 unspecified atom stereocenters. The zero-order valence-corrected chi connectivity index (χ0v) is 19.0. The number of aromatic hydroxyl groups is 1. The van der Waals surface area contributed by atoms with Crippen LogP contribution in [-0.4, -0.2) is 28.1 Å². The van der Waals surface area contributed by atoms with Gasteiger partial charge in [-0.3, -0.25) is 10.1 Å². The highest BCUT2D eigenvalue weighted by molar-refractivity contribution is 5.95. The third-order valence-corrected chi connectivity index (χ3v) is 5.58. The normalized spacial score (nSPS) is 12.9. The van der Waals surface area contributed by atoms with Crippen LogP contribution in [0.4, 0.5) is 10.5 Å². The molecule has 2 atom stereocenters. The maximum atomic E-state index is 12.8. The topological polar surface area (TPSA) is 113 Å². The molecule has 3 aromatic rings. The monoisotopic (exact) mass is 461 g/mol. The number of carbonyl (C=O) groups is 3. The fourth-order valence-corrected chi connectivity index (χ4v) is 3.79. The Bertz CT molecular complexity index is 1220. The van der Waals surface area contributed by atoms with Crippen LogP contribution in [-0.2, 0) is 9.53 Å². The van der Waals surface area contributed by atoms with Crippen molar-refractivity contribution < 1.29 is 29.3 Å². The number of anilines is 1. The third-order valence-electron chi connectivity index (χ3n) is 5.58.